The lowest BCUT2D eigenvalue weighted by Gasteiger charge is -2.27. The van der Waals surface area contributed by atoms with Crippen molar-refractivity contribution in [2.75, 3.05) is 13.2 Å². The van der Waals surface area contributed by atoms with Crippen LogP contribution >= 0.6 is 0 Å². The summed E-state index contributed by atoms with van der Waals surface area (Å²) in [6.07, 6.45) is 2.21. The summed E-state index contributed by atoms with van der Waals surface area (Å²) in [4.78, 5) is 13.0. The number of carboxylic acid groups (broad SMARTS) is 1. The van der Waals surface area contributed by atoms with Crippen molar-refractivity contribution in [2.24, 2.45) is 0 Å². The summed E-state index contributed by atoms with van der Waals surface area (Å²) in [6, 6.07) is 8.49. The maximum atomic E-state index is 11.0. The Morgan fingerprint density at radius 2 is 2.05 bits per heavy atom. The van der Waals surface area contributed by atoms with Crippen LogP contribution in [0.5, 0.6) is 5.75 Å². The fourth-order valence-corrected chi connectivity index (χ4v) is 2.35. The van der Waals surface area contributed by atoms with E-state index in [4.69, 9.17) is 9.84 Å². The number of aliphatic carboxylic acids is 1. The summed E-state index contributed by atoms with van der Waals surface area (Å²) >= 11 is 0. The molecule has 0 heterocycles. The van der Waals surface area contributed by atoms with Crippen LogP contribution in [-0.2, 0) is 4.79 Å². The molecule has 0 aromatic heterocycles. The molecule has 1 N–H and O–H groups in total. The first-order valence-electron chi connectivity index (χ1n) is 6.82. The van der Waals surface area contributed by atoms with E-state index in [1.54, 1.807) is 0 Å². The summed E-state index contributed by atoms with van der Waals surface area (Å²) in [6.45, 7) is 4.79. The van der Waals surface area contributed by atoms with Gasteiger partial charge in [0.1, 0.15) is 5.75 Å². The molecule has 104 valence electrons. The fourth-order valence-electron chi connectivity index (χ4n) is 2.35. The van der Waals surface area contributed by atoms with Crippen molar-refractivity contribution in [3.8, 4) is 5.75 Å². The number of ether oxygens (including phenoxy) is 1. The minimum atomic E-state index is -0.760. The van der Waals surface area contributed by atoms with E-state index in [-0.39, 0.29) is 12.6 Å². The van der Waals surface area contributed by atoms with E-state index in [9.17, 15) is 4.79 Å². The molecule has 1 aromatic rings. The molecule has 4 nitrogen and oxygen atoms in total. The highest BCUT2D eigenvalue weighted by Crippen LogP contribution is 2.34. The number of hydrogen-bond acceptors (Lipinski definition) is 3. The van der Waals surface area contributed by atoms with Gasteiger partial charge in [-0.1, -0.05) is 12.1 Å². The highest BCUT2D eigenvalue weighted by atomic mass is 16.5. The van der Waals surface area contributed by atoms with Crippen LogP contribution in [0, 0.1) is 0 Å². The van der Waals surface area contributed by atoms with Crippen molar-refractivity contribution >= 4 is 5.97 Å². The Bertz CT molecular complexity index is 426. The second kappa shape index (κ2) is 6.06. The number of carbonyl (C=O) groups is 1. The third-order valence-electron chi connectivity index (χ3n) is 3.50. The number of benzene rings is 1. The first kappa shape index (κ1) is 13.9. The van der Waals surface area contributed by atoms with Crippen molar-refractivity contribution in [1.29, 1.82) is 0 Å². The van der Waals surface area contributed by atoms with E-state index in [2.05, 4.69) is 11.8 Å². The van der Waals surface area contributed by atoms with Crippen molar-refractivity contribution in [2.45, 2.75) is 38.8 Å². The third-order valence-corrected chi connectivity index (χ3v) is 3.50. The van der Waals surface area contributed by atoms with Gasteiger partial charge in [0.25, 0.3) is 0 Å². The average molecular weight is 263 g/mol. The Hall–Kier alpha value is -1.55. The van der Waals surface area contributed by atoms with Gasteiger partial charge in [0, 0.05) is 12.1 Å². The Morgan fingerprint density at radius 3 is 2.53 bits per heavy atom. The summed E-state index contributed by atoms with van der Waals surface area (Å²) in [5, 5.41) is 9.01. The molecule has 4 heteroatoms. The van der Waals surface area contributed by atoms with E-state index >= 15 is 0 Å². The van der Waals surface area contributed by atoms with Crippen LogP contribution in [0.25, 0.3) is 0 Å². The van der Waals surface area contributed by atoms with Crippen LogP contribution in [-0.4, -0.2) is 35.2 Å². The highest BCUT2D eigenvalue weighted by Gasteiger charge is 2.33. The molecule has 0 saturated heterocycles. The maximum Gasteiger partial charge on any atom is 0.317 e. The zero-order valence-electron chi connectivity index (χ0n) is 11.5. The number of nitrogens with zero attached hydrogens (tertiary/aromatic N) is 1. The topological polar surface area (TPSA) is 49.8 Å². The molecule has 1 unspecified atom stereocenters. The van der Waals surface area contributed by atoms with E-state index in [1.807, 2.05) is 31.2 Å². The predicted octanol–water partition coefficient (Wildman–Crippen LogP) is 2.70. The first-order chi connectivity index (χ1) is 9.11. The molecule has 1 atom stereocenters. The van der Waals surface area contributed by atoms with E-state index in [0.29, 0.717) is 12.6 Å². The molecule has 0 radical (unpaired) electrons. The molecule has 0 bridgehead atoms. The molecule has 0 aliphatic heterocycles. The zero-order chi connectivity index (χ0) is 13.8. The van der Waals surface area contributed by atoms with E-state index in [0.717, 1.165) is 24.2 Å². The Labute approximate surface area is 114 Å². The smallest absolute Gasteiger partial charge is 0.317 e. The third kappa shape index (κ3) is 3.70. The normalized spacial score (nSPS) is 16.4. The molecule has 1 aliphatic carbocycles. The Kier molecular flexibility index (Phi) is 4.43. The van der Waals surface area contributed by atoms with E-state index in [1.165, 1.54) is 0 Å². The molecule has 2 rings (SSSR count). The van der Waals surface area contributed by atoms with E-state index < -0.39 is 5.97 Å². The summed E-state index contributed by atoms with van der Waals surface area (Å²) < 4.78 is 5.42. The minimum Gasteiger partial charge on any atom is -0.494 e. The molecular weight excluding hydrogens is 242 g/mol. The summed E-state index contributed by atoms with van der Waals surface area (Å²) in [7, 11) is 0. The number of hydrogen-bond donors (Lipinski definition) is 1. The van der Waals surface area contributed by atoms with Gasteiger partial charge in [0.15, 0.2) is 0 Å². The minimum absolute atomic E-state index is 0.110. The molecule has 1 fully saturated rings. The Morgan fingerprint density at radius 1 is 1.42 bits per heavy atom. The average Bonchev–Trinajstić information content (AvgIpc) is 3.20. The van der Waals surface area contributed by atoms with Gasteiger partial charge in [-0.25, -0.2) is 0 Å². The monoisotopic (exact) mass is 263 g/mol. The number of carboxylic acids is 1. The number of rotatable bonds is 7. The van der Waals surface area contributed by atoms with Gasteiger partial charge in [-0.3, -0.25) is 9.69 Å². The van der Waals surface area contributed by atoms with Crippen molar-refractivity contribution in [3.05, 3.63) is 29.8 Å². The van der Waals surface area contributed by atoms with Gasteiger partial charge in [0.2, 0.25) is 0 Å². The zero-order valence-corrected chi connectivity index (χ0v) is 11.5. The molecule has 0 amide bonds. The lowest BCUT2D eigenvalue weighted by molar-refractivity contribution is -0.139. The van der Waals surface area contributed by atoms with Gasteiger partial charge < -0.3 is 9.84 Å². The second-order valence-corrected chi connectivity index (χ2v) is 4.98. The fraction of sp³-hybridized carbons (Fsp3) is 0.533. The van der Waals surface area contributed by atoms with Gasteiger partial charge in [0.05, 0.1) is 13.2 Å². The van der Waals surface area contributed by atoms with Crippen LogP contribution in [0.15, 0.2) is 24.3 Å². The molecule has 19 heavy (non-hydrogen) atoms. The maximum absolute atomic E-state index is 11.0. The summed E-state index contributed by atoms with van der Waals surface area (Å²) in [5.41, 5.74) is 1.14. The first-order valence-corrected chi connectivity index (χ1v) is 6.82. The van der Waals surface area contributed by atoms with Crippen molar-refractivity contribution in [1.82, 2.24) is 4.90 Å². The van der Waals surface area contributed by atoms with Gasteiger partial charge >= 0.3 is 5.97 Å². The Balaban J connectivity index is 2.07. The largest absolute Gasteiger partial charge is 0.494 e. The van der Waals surface area contributed by atoms with Crippen LogP contribution in [0.1, 0.15) is 38.3 Å². The van der Waals surface area contributed by atoms with Crippen LogP contribution in [0.2, 0.25) is 0 Å². The van der Waals surface area contributed by atoms with Crippen LogP contribution in [0.4, 0.5) is 0 Å². The molecule has 1 aromatic carbocycles. The molecule has 1 saturated carbocycles. The quantitative estimate of drug-likeness (QED) is 0.821. The lowest BCUT2D eigenvalue weighted by atomic mass is 10.1. The SMILES string of the molecule is CCOc1ccc(C(C)N(CC(=O)O)C2CC2)cc1. The van der Waals surface area contributed by atoms with Crippen LogP contribution in [0.3, 0.4) is 0 Å². The van der Waals surface area contributed by atoms with Crippen LogP contribution < -0.4 is 4.74 Å². The predicted molar refractivity (Wildman–Crippen MR) is 73.4 cm³/mol. The second-order valence-electron chi connectivity index (χ2n) is 4.98. The lowest BCUT2D eigenvalue weighted by Crippen LogP contribution is -2.34. The van der Waals surface area contributed by atoms with Gasteiger partial charge in [-0.2, -0.15) is 0 Å². The van der Waals surface area contributed by atoms with Crippen molar-refractivity contribution in [3.63, 3.8) is 0 Å². The van der Waals surface area contributed by atoms with Gasteiger partial charge in [-0.05, 0) is 44.4 Å². The van der Waals surface area contributed by atoms with Gasteiger partial charge in [-0.15, -0.1) is 0 Å². The molecular formula is C15H21NO3. The highest BCUT2D eigenvalue weighted by molar-refractivity contribution is 5.69. The molecule has 1 aliphatic rings. The standard InChI is InChI=1S/C15H21NO3/c1-3-19-14-8-4-12(5-9-14)11(2)16(10-15(17)18)13-6-7-13/h4-5,8-9,11,13H,3,6-7,10H2,1-2H3,(H,17,18). The van der Waals surface area contributed by atoms with Crippen molar-refractivity contribution < 1.29 is 14.6 Å². The molecule has 0 spiro atoms. The summed E-state index contributed by atoms with van der Waals surface area (Å²) in [5.74, 6) is 0.0966.